The summed E-state index contributed by atoms with van der Waals surface area (Å²) in [7, 11) is 0. The highest BCUT2D eigenvalue weighted by atomic mass is 19.4. The number of aliphatic hydroxyl groups excluding tert-OH is 1. The van der Waals surface area contributed by atoms with E-state index in [1.165, 1.54) is 6.07 Å². The number of hydrogen-bond acceptors (Lipinski definition) is 4. The largest absolute Gasteiger partial charge is 0.499 e. The summed E-state index contributed by atoms with van der Waals surface area (Å²) < 4.78 is 74.5. The Labute approximate surface area is 213 Å². The summed E-state index contributed by atoms with van der Waals surface area (Å²) in [5.41, 5.74) is 2.22. The van der Waals surface area contributed by atoms with Gasteiger partial charge in [-0.3, -0.25) is 0 Å². The summed E-state index contributed by atoms with van der Waals surface area (Å²) in [6.45, 7) is 6.07. The fourth-order valence-electron chi connectivity index (χ4n) is 3.54. The Morgan fingerprint density at radius 3 is 2.00 bits per heavy atom. The van der Waals surface area contributed by atoms with Crippen LogP contribution in [0.15, 0.2) is 72.8 Å². The molecule has 0 saturated carbocycles. The molecule has 0 aliphatic heterocycles. The molecule has 9 heteroatoms. The van der Waals surface area contributed by atoms with Crippen LogP contribution in [0.4, 0.5) is 27.6 Å². The van der Waals surface area contributed by atoms with E-state index in [0.29, 0.717) is 22.7 Å². The second-order valence-corrected chi connectivity index (χ2v) is 9.06. The molecular formula is C28H30F5NO3. The van der Waals surface area contributed by atoms with Gasteiger partial charge in [-0.05, 0) is 59.9 Å². The highest BCUT2D eigenvalue weighted by Crippen LogP contribution is 2.37. The van der Waals surface area contributed by atoms with Crippen molar-refractivity contribution in [1.82, 2.24) is 0 Å². The van der Waals surface area contributed by atoms with Gasteiger partial charge >= 0.3 is 12.3 Å². The van der Waals surface area contributed by atoms with Crippen molar-refractivity contribution in [3.8, 4) is 17.2 Å². The molecule has 0 fully saturated rings. The lowest BCUT2D eigenvalue weighted by Crippen LogP contribution is -2.41. The molecular weight excluding hydrogens is 493 g/mol. The van der Waals surface area contributed by atoms with Crippen molar-refractivity contribution in [2.45, 2.75) is 52.1 Å². The number of alkyl halides is 5. The number of ether oxygens (including phenoxy) is 2. The highest BCUT2D eigenvalue weighted by molar-refractivity contribution is 5.52. The predicted molar refractivity (Wildman–Crippen MR) is 132 cm³/mol. The predicted octanol–water partition coefficient (Wildman–Crippen LogP) is 7.60. The van der Waals surface area contributed by atoms with E-state index in [2.05, 4.69) is 4.74 Å². The number of aryl methyl sites for hydroxylation is 1. The Bertz CT molecular complexity index is 1170. The number of aliphatic hydroxyl groups is 1. The van der Waals surface area contributed by atoms with Crippen molar-refractivity contribution < 1.29 is 36.5 Å². The number of halogens is 5. The summed E-state index contributed by atoms with van der Waals surface area (Å²) in [4.78, 5) is 1.81. The maximum atomic E-state index is 13.4. The van der Waals surface area contributed by atoms with Crippen molar-refractivity contribution in [1.29, 1.82) is 0 Å². The maximum absolute atomic E-state index is 13.4. The second-order valence-electron chi connectivity index (χ2n) is 9.06. The summed E-state index contributed by atoms with van der Waals surface area (Å²) in [6, 6.07) is 19.9. The fraction of sp³-hybridized carbons (Fsp3) is 0.357. The van der Waals surface area contributed by atoms with Crippen LogP contribution >= 0.6 is 0 Å². The highest BCUT2D eigenvalue weighted by Gasteiger charge is 2.61. The van der Waals surface area contributed by atoms with E-state index >= 15 is 0 Å². The first-order valence-electron chi connectivity index (χ1n) is 11.9. The van der Waals surface area contributed by atoms with Crippen LogP contribution in [0.3, 0.4) is 0 Å². The molecule has 0 radical (unpaired) electrons. The van der Waals surface area contributed by atoms with E-state index in [0.717, 1.165) is 24.1 Å². The molecule has 3 aromatic rings. The molecule has 4 nitrogen and oxygen atoms in total. The Morgan fingerprint density at radius 2 is 1.38 bits per heavy atom. The third kappa shape index (κ3) is 7.82. The number of hydrogen-bond donors (Lipinski definition) is 1. The van der Waals surface area contributed by atoms with Gasteiger partial charge in [-0.1, -0.05) is 51.1 Å². The van der Waals surface area contributed by atoms with Gasteiger partial charge in [0.25, 0.3) is 0 Å². The molecule has 0 aliphatic rings. The number of nitrogens with zero attached hydrogens (tertiary/aromatic N) is 1. The Kier molecular flexibility index (Phi) is 9.02. The lowest BCUT2D eigenvalue weighted by Gasteiger charge is -2.29. The van der Waals surface area contributed by atoms with Gasteiger partial charge in [-0.2, -0.15) is 22.0 Å². The average molecular weight is 524 g/mol. The molecule has 0 aromatic heterocycles. The van der Waals surface area contributed by atoms with Crippen LogP contribution in [0.1, 0.15) is 31.9 Å². The van der Waals surface area contributed by atoms with Gasteiger partial charge in [-0.25, -0.2) is 0 Å². The van der Waals surface area contributed by atoms with E-state index in [-0.39, 0.29) is 19.0 Å². The first kappa shape index (κ1) is 28.2. The monoisotopic (exact) mass is 523 g/mol. The van der Waals surface area contributed by atoms with Gasteiger partial charge in [0, 0.05) is 24.8 Å². The minimum atomic E-state index is -5.84. The Morgan fingerprint density at radius 1 is 0.811 bits per heavy atom. The van der Waals surface area contributed by atoms with Crippen molar-refractivity contribution in [2.24, 2.45) is 5.92 Å². The lowest BCUT2D eigenvalue weighted by atomic mass is 10.1. The Hall–Kier alpha value is -3.33. The molecule has 3 rings (SSSR count). The molecule has 0 amide bonds. The average Bonchev–Trinajstić information content (AvgIpc) is 2.83. The van der Waals surface area contributed by atoms with Gasteiger partial charge in [-0.15, -0.1) is 0 Å². The van der Waals surface area contributed by atoms with E-state index < -0.39 is 24.1 Å². The minimum Gasteiger partial charge on any atom is -0.457 e. The molecule has 0 aliphatic carbocycles. The van der Waals surface area contributed by atoms with Crippen LogP contribution in [-0.2, 0) is 13.0 Å². The Balaban J connectivity index is 1.86. The van der Waals surface area contributed by atoms with E-state index in [9.17, 15) is 27.1 Å². The van der Waals surface area contributed by atoms with Gasteiger partial charge < -0.3 is 19.5 Å². The van der Waals surface area contributed by atoms with Gasteiger partial charge in [0.1, 0.15) is 17.2 Å². The van der Waals surface area contributed by atoms with E-state index in [1.54, 1.807) is 35.2 Å². The van der Waals surface area contributed by atoms with Crippen molar-refractivity contribution in [3.63, 3.8) is 0 Å². The summed E-state index contributed by atoms with van der Waals surface area (Å²) in [5, 5.41) is 10.6. The van der Waals surface area contributed by atoms with Gasteiger partial charge in [0.2, 0.25) is 0 Å². The van der Waals surface area contributed by atoms with Gasteiger partial charge in [0.15, 0.2) is 0 Å². The van der Waals surface area contributed by atoms with Crippen molar-refractivity contribution >= 4 is 5.69 Å². The van der Waals surface area contributed by atoms with Crippen LogP contribution in [0.25, 0.3) is 0 Å². The third-order valence-corrected chi connectivity index (χ3v) is 5.75. The molecule has 1 N–H and O–H groups in total. The van der Waals surface area contributed by atoms with Crippen molar-refractivity contribution in [2.75, 3.05) is 11.4 Å². The SMILES string of the molecule is CCc1cccc(Oc2cccc(N(Cc3cccc(OC(F)(F)C(F)(F)F)c3)CC(O)C(C)C)c2)c1. The molecule has 37 heavy (non-hydrogen) atoms. The van der Waals surface area contributed by atoms with Crippen LogP contribution in [0.2, 0.25) is 0 Å². The molecule has 0 spiro atoms. The molecule has 0 saturated heterocycles. The number of benzene rings is 3. The summed E-state index contributed by atoms with van der Waals surface area (Å²) in [5.74, 6) is 0.535. The minimum absolute atomic E-state index is 0.0705. The molecule has 1 unspecified atom stereocenters. The zero-order valence-electron chi connectivity index (χ0n) is 20.8. The normalized spacial score (nSPS) is 12.9. The molecule has 200 valence electrons. The van der Waals surface area contributed by atoms with E-state index in [1.807, 2.05) is 45.0 Å². The van der Waals surface area contributed by atoms with Gasteiger partial charge in [0.05, 0.1) is 6.10 Å². The summed E-state index contributed by atoms with van der Waals surface area (Å²) >= 11 is 0. The van der Waals surface area contributed by atoms with E-state index in [4.69, 9.17) is 4.74 Å². The molecule has 0 bridgehead atoms. The zero-order chi connectivity index (χ0) is 27.2. The lowest BCUT2D eigenvalue weighted by molar-refractivity contribution is -0.360. The first-order chi connectivity index (χ1) is 17.4. The summed E-state index contributed by atoms with van der Waals surface area (Å²) in [6.07, 6.45) is -11.0. The topological polar surface area (TPSA) is 41.9 Å². The second kappa shape index (κ2) is 11.8. The standard InChI is InChI=1S/C28H30F5NO3/c1-4-20-8-5-11-23(14-20)36-24-12-7-10-22(16-24)34(18-26(35)19(2)3)17-21-9-6-13-25(15-21)37-28(32,33)27(29,30)31/h5-16,19,26,35H,4,17-18H2,1-3H3. The number of anilines is 1. The quantitative estimate of drug-likeness (QED) is 0.263. The molecule has 3 aromatic carbocycles. The fourth-order valence-corrected chi connectivity index (χ4v) is 3.54. The first-order valence-corrected chi connectivity index (χ1v) is 11.9. The van der Waals surface area contributed by atoms with Crippen LogP contribution < -0.4 is 14.4 Å². The maximum Gasteiger partial charge on any atom is 0.499 e. The molecule has 0 heterocycles. The molecule has 1 atom stereocenters. The third-order valence-electron chi connectivity index (χ3n) is 5.75. The van der Waals surface area contributed by atoms with Crippen LogP contribution in [-0.4, -0.2) is 30.0 Å². The smallest absolute Gasteiger partial charge is 0.457 e. The van der Waals surface area contributed by atoms with Crippen LogP contribution in [0, 0.1) is 5.92 Å². The zero-order valence-corrected chi connectivity index (χ0v) is 20.8. The number of rotatable bonds is 11. The van der Waals surface area contributed by atoms with Crippen LogP contribution in [0.5, 0.6) is 17.2 Å². The van der Waals surface area contributed by atoms with Crippen molar-refractivity contribution in [3.05, 3.63) is 83.9 Å².